The Labute approximate surface area is 122 Å². The Morgan fingerprint density at radius 3 is 2.90 bits per heavy atom. The van der Waals surface area contributed by atoms with E-state index in [0.29, 0.717) is 5.56 Å². The predicted molar refractivity (Wildman–Crippen MR) is 72.6 cm³/mol. The number of carbonyl (C=O) groups is 2. The first kappa shape index (κ1) is 14.0. The minimum absolute atomic E-state index is 0.0133. The molecule has 1 saturated carbocycles. The van der Waals surface area contributed by atoms with Crippen LogP contribution in [-0.2, 0) is 14.3 Å². The second-order valence-corrected chi connectivity index (χ2v) is 5.51. The van der Waals surface area contributed by atoms with E-state index in [9.17, 15) is 14.0 Å². The Balaban J connectivity index is 1.83. The Morgan fingerprint density at radius 2 is 2.29 bits per heavy atom. The lowest BCUT2D eigenvalue weighted by molar-refractivity contribution is -0.141. The van der Waals surface area contributed by atoms with E-state index < -0.39 is 5.54 Å². The minimum Gasteiger partial charge on any atom is -0.469 e. The summed E-state index contributed by atoms with van der Waals surface area (Å²) in [5.74, 6) is -0.718. The Morgan fingerprint density at radius 1 is 1.52 bits per heavy atom. The molecule has 1 amide bonds. The van der Waals surface area contributed by atoms with E-state index in [1.807, 2.05) is 0 Å². The van der Waals surface area contributed by atoms with Gasteiger partial charge >= 0.3 is 5.97 Å². The normalized spacial score (nSPS) is 22.7. The molecule has 0 radical (unpaired) electrons. The van der Waals surface area contributed by atoms with Crippen LogP contribution in [0.1, 0.15) is 31.0 Å². The van der Waals surface area contributed by atoms with Gasteiger partial charge in [0.25, 0.3) is 0 Å². The van der Waals surface area contributed by atoms with E-state index in [-0.39, 0.29) is 36.8 Å². The fourth-order valence-corrected chi connectivity index (χ4v) is 2.76. The molecule has 1 unspecified atom stereocenters. The smallest absolute Gasteiger partial charge is 0.307 e. The van der Waals surface area contributed by atoms with Crippen LogP contribution in [0.5, 0.6) is 0 Å². The third-order valence-electron chi connectivity index (χ3n) is 4.09. The third-order valence-corrected chi connectivity index (χ3v) is 4.09. The fourth-order valence-electron chi connectivity index (χ4n) is 2.76. The molecule has 1 aromatic rings. The first-order chi connectivity index (χ1) is 10.1. The maximum atomic E-state index is 13.4. The van der Waals surface area contributed by atoms with Crippen molar-refractivity contribution in [2.75, 3.05) is 13.7 Å². The summed E-state index contributed by atoms with van der Waals surface area (Å²) in [5.41, 5.74) is 0.185. The molecule has 0 bridgehead atoms. The van der Waals surface area contributed by atoms with Gasteiger partial charge in [0.05, 0.1) is 13.5 Å². The topological polar surface area (TPSA) is 58.6 Å². The molecule has 1 saturated heterocycles. The average Bonchev–Trinajstić information content (AvgIpc) is 3.20. The number of esters is 1. The first-order valence-corrected chi connectivity index (χ1v) is 6.97. The van der Waals surface area contributed by atoms with Gasteiger partial charge in [-0.2, -0.15) is 0 Å². The molecule has 21 heavy (non-hydrogen) atoms. The summed E-state index contributed by atoms with van der Waals surface area (Å²) in [6, 6.07) is 6.18. The molecule has 5 nitrogen and oxygen atoms in total. The van der Waals surface area contributed by atoms with Crippen molar-refractivity contribution in [3.63, 3.8) is 0 Å². The summed E-state index contributed by atoms with van der Waals surface area (Å²) < 4.78 is 18.0. The van der Waals surface area contributed by atoms with E-state index in [1.54, 1.807) is 17.0 Å². The fraction of sp³-hybridized carbons (Fsp3) is 0.467. The lowest BCUT2D eigenvalue weighted by atomic mass is 10.1. The van der Waals surface area contributed by atoms with Gasteiger partial charge in [0.2, 0.25) is 5.91 Å². The van der Waals surface area contributed by atoms with Crippen molar-refractivity contribution in [3.05, 3.63) is 35.6 Å². The molecule has 6 heteroatoms. The number of nitrogens with one attached hydrogen (secondary N) is 1. The minimum atomic E-state index is -0.507. The van der Waals surface area contributed by atoms with Crippen LogP contribution in [0.25, 0.3) is 0 Å². The maximum Gasteiger partial charge on any atom is 0.307 e. The number of carbonyl (C=O) groups excluding carboxylic acids is 2. The zero-order chi connectivity index (χ0) is 15.0. The monoisotopic (exact) mass is 292 g/mol. The number of nitrogens with zero attached hydrogens (tertiary/aromatic N) is 1. The van der Waals surface area contributed by atoms with E-state index in [4.69, 9.17) is 0 Å². The predicted octanol–water partition coefficient (Wildman–Crippen LogP) is 1.35. The molecule has 1 spiro atoms. The van der Waals surface area contributed by atoms with Gasteiger partial charge in [0.15, 0.2) is 0 Å². The van der Waals surface area contributed by atoms with Gasteiger partial charge < -0.3 is 9.64 Å². The molecule has 3 rings (SSSR count). The van der Waals surface area contributed by atoms with E-state index in [2.05, 4.69) is 10.1 Å². The van der Waals surface area contributed by atoms with Crippen molar-refractivity contribution in [2.24, 2.45) is 0 Å². The lowest BCUT2D eigenvalue weighted by Crippen LogP contribution is -2.33. The summed E-state index contributed by atoms with van der Waals surface area (Å²) in [4.78, 5) is 25.4. The number of amides is 1. The summed E-state index contributed by atoms with van der Waals surface area (Å²) in [5, 5.41) is 3.28. The van der Waals surface area contributed by atoms with Gasteiger partial charge in [-0.1, -0.05) is 12.1 Å². The van der Waals surface area contributed by atoms with E-state index in [0.717, 1.165) is 12.8 Å². The molecular weight excluding hydrogens is 275 g/mol. The highest BCUT2D eigenvalue weighted by Gasteiger charge is 2.59. The SMILES string of the molecule is COC(=O)CCN1C(=O)C2(CC2)NC1c1cccc(F)c1. The summed E-state index contributed by atoms with van der Waals surface area (Å²) in [6.07, 6.45) is 1.31. The second kappa shape index (κ2) is 5.11. The molecule has 1 N–H and O–H groups in total. The Bertz CT molecular complexity index is 586. The largest absolute Gasteiger partial charge is 0.469 e. The Kier molecular flexibility index (Phi) is 3.41. The summed E-state index contributed by atoms with van der Waals surface area (Å²) in [7, 11) is 1.32. The van der Waals surface area contributed by atoms with Crippen molar-refractivity contribution < 1.29 is 18.7 Å². The van der Waals surface area contributed by atoms with Crippen LogP contribution in [0.15, 0.2) is 24.3 Å². The van der Waals surface area contributed by atoms with Crippen LogP contribution in [-0.4, -0.2) is 36.0 Å². The average molecular weight is 292 g/mol. The van der Waals surface area contributed by atoms with Crippen molar-refractivity contribution in [1.29, 1.82) is 0 Å². The number of hydrogen-bond donors (Lipinski definition) is 1. The second-order valence-electron chi connectivity index (χ2n) is 5.51. The molecule has 1 aromatic carbocycles. The number of ether oxygens (including phenoxy) is 1. The van der Waals surface area contributed by atoms with Gasteiger partial charge in [-0.05, 0) is 30.5 Å². The van der Waals surface area contributed by atoms with Crippen molar-refractivity contribution in [3.8, 4) is 0 Å². The number of methoxy groups -OCH3 is 1. The van der Waals surface area contributed by atoms with Gasteiger partial charge in [-0.3, -0.25) is 14.9 Å². The van der Waals surface area contributed by atoms with Gasteiger partial charge in [-0.25, -0.2) is 4.39 Å². The van der Waals surface area contributed by atoms with Crippen molar-refractivity contribution in [1.82, 2.24) is 10.2 Å². The molecule has 2 fully saturated rings. The maximum absolute atomic E-state index is 13.4. The number of hydrogen-bond acceptors (Lipinski definition) is 4. The van der Waals surface area contributed by atoms with Crippen molar-refractivity contribution in [2.45, 2.75) is 31.0 Å². The van der Waals surface area contributed by atoms with E-state index >= 15 is 0 Å². The van der Waals surface area contributed by atoms with Gasteiger partial charge in [-0.15, -0.1) is 0 Å². The quantitative estimate of drug-likeness (QED) is 0.851. The molecule has 1 aliphatic heterocycles. The molecule has 1 atom stereocenters. The molecular formula is C15H17FN2O3. The van der Waals surface area contributed by atoms with Crippen LogP contribution in [0.3, 0.4) is 0 Å². The third kappa shape index (κ3) is 2.51. The van der Waals surface area contributed by atoms with Crippen LogP contribution in [0.4, 0.5) is 4.39 Å². The van der Waals surface area contributed by atoms with Crippen LogP contribution >= 0.6 is 0 Å². The van der Waals surface area contributed by atoms with E-state index in [1.165, 1.54) is 19.2 Å². The number of halogens is 1. The molecule has 2 aliphatic rings. The van der Waals surface area contributed by atoms with Gasteiger partial charge in [0, 0.05) is 6.54 Å². The van der Waals surface area contributed by atoms with Crippen LogP contribution < -0.4 is 5.32 Å². The molecule has 112 valence electrons. The summed E-state index contributed by atoms with van der Waals surface area (Å²) in [6.45, 7) is 0.265. The highest BCUT2D eigenvalue weighted by Crippen LogP contribution is 2.45. The first-order valence-electron chi connectivity index (χ1n) is 6.97. The number of rotatable bonds is 4. The summed E-state index contributed by atoms with van der Waals surface area (Å²) >= 11 is 0. The Hall–Kier alpha value is -1.95. The zero-order valence-corrected chi connectivity index (χ0v) is 11.8. The number of benzene rings is 1. The lowest BCUT2D eigenvalue weighted by Gasteiger charge is -2.24. The highest BCUT2D eigenvalue weighted by molar-refractivity contribution is 5.92. The van der Waals surface area contributed by atoms with Crippen LogP contribution in [0.2, 0.25) is 0 Å². The molecule has 0 aromatic heterocycles. The van der Waals surface area contributed by atoms with Crippen molar-refractivity contribution >= 4 is 11.9 Å². The zero-order valence-electron chi connectivity index (χ0n) is 11.8. The molecule has 1 heterocycles. The standard InChI is InChI=1S/C15H17FN2O3/c1-21-12(19)5-8-18-13(10-3-2-4-11(16)9-10)17-15(6-7-15)14(18)20/h2-4,9,13,17H,5-8H2,1H3. The molecule has 1 aliphatic carbocycles. The van der Waals surface area contributed by atoms with Crippen LogP contribution in [0, 0.1) is 5.82 Å². The highest BCUT2D eigenvalue weighted by atomic mass is 19.1. The van der Waals surface area contributed by atoms with Gasteiger partial charge in [0.1, 0.15) is 17.5 Å².